The molecule has 2 heterocycles. The number of nitrogens with zero attached hydrogens (tertiary/aromatic N) is 4. The fraction of sp³-hybridized carbons (Fsp3) is 0.556. The lowest BCUT2D eigenvalue weighted by molar-refractivity contribution is -0.138. The van der Waals surface area contributed by atoms with Crippen LogP contribution in [-0.4, -0.2) is 61.7 Å². The van der Waals surface area contributed by atoms with Crippen LogP contribution in [0.15, 0.2) is 18.5 Å². The number of alkyl halides is 3. The van der Waals surface area contributed by atoms with Gasteiger partial charge < -0.3 is 9.64 Å². The number of benzene rings is 1. The first kappa shape index (κ1) is 22.0. The van der Waals surface area contributed by atoms with Crippen molar-refractivity contribution in [1.82, 2.24) is 14.3 Å². The van der Waals surface area contributed by atoms with E-state index in [4.69, 9.17) is 9.88 Å². The first-order valence-electron chi connectivity index (χ1n) is 9.50. The molecule has 0 bridgehead atoms. The second-order valence-electron chi connectivity index (χ2n) is 8.14. The molecule has 1 aromatic heterocycles. The zero-order valence-electron chi connectivity index (χ0n) is 16.6. The molecule has 1 saturated heterocycles. The number of aromatic nitrogens is 2. The summed E-state index contributed by atoms with van der Waals surface area (Å²) in [4.78, 5) is 10.3. The van der Waals surface area contributed by atoms with E-state index in [1.54, 1.807) is 0 Å². The number of methoxy groups -OCH3 is 1. The Bertz CT molecular complexity index is 1100. The minimum atomic E-state index is -4.47. The lowest BCUT2D eigenvalue weighted by atomic mass is 9.60. The number of fused-ring (bicyclic) bond motifs is 1. The average molecular weight is 463 g/mol. The van der Waals surface area contributed by atoms with Gasteiger partial charge in [0, 0.05) is 42.5 Å². The van der Waals surface area contributed by atoms with Crippen LogP contribution in [0.4, 0.5) is 23.4 Å². The minimum absolute atomic E-state index is 0.0704. The van der Waals surface area contributed by atoms with Crippen LogP contribution in [-0.2, 0) is 10.2 Å². The predicted molar refractivity (Wildman–Crippen MR) is 104 cm³/mol. The molecule has 170 valence electrons. The van der Waals surface area contributed by atoms with Gasteiger partial charge in [-0.15, -0.1) is 0 Å². The van der Waals surface area contributed by atoms with Crippen molar-refractivity contribution in [3.05, 3.63) is 24.3 Å². The van der Waals surface area contributed by atoms with E-state index in [1.807, 2.05) is 4.90 Å². The highest BCUT2D eigenvalue weighted by atomic mass is 32.2. The standard InChI is InChI=1S/C18H21F4N5O3S/c1-30-15-5-14-12(4-13(15)19)16(25-10-24-14)26-8-17(9-26)6-11(7-17)27(31(23,28)29)3-2-18(20,21)22/h4-5,10-11H,2-3,6-9H2,1H3,(H2,23,28,29). The highest BCUT2D eigenvalue weighted by Gasteiger charge is 2.56. The summed E-state index contributed by atoms with van der Waals surface area (Å²) in [6.45, 7) is 0.367. The van der Waals surface area contributed by atoms with Crippen LogP contribution in [0.2, 0.25) is 0 Å². The molecule has 31 heavy (non-hydrogen) atoms. The number of hydrogen-bond donors (Lipinski definition) is 1. The number of ether oxygens (including phenoxy) is 1. The molecule has 1 spiro atoms. The number of hydrogen-bond acceptors (Lipinski definition) is 6. The third kappa shape index (κ3) is 4.26. The van der Waals surface area contributed by atoms with E-state index < -0.39 is 41.2 Å². The van der Waals surface area contributed by atoms with E-state index >= 15 is 0 Å². The van der Waals surface area contributed by atoms with Crippen molar-refractivity contribution in [2.24, 2.45) is 10.6 Å². The Morgan fingerprint density at radius 1 is 1.29 bits per heavy atom. The van der Waals surface area contributed by atoms with Crippen LogP contribution in [0.5, 0.6) is 5.75 Å². The quantitative estimate of drug-likeness (QED) is 0.660. The molecule has 0 amide bonds. The van der Waals surface area contributed by atoms with Gasteiger partial charge >= 0.3 is 6.18 Å². The Balaban J connectivity index is 1.45. The van der Waals surface area contributed by atoms with Gasteiger partial charge in [0.15, 0.2) is 11.6 Å². The number of nitrogens with two attached hydrogens (primary N) is 1. The summed E-state index contributed by atoms with van der Waals surface area (Å²) in [6, 6.07) is 2.22. The van der Waals surface area contributed by atoms with Crippen molar-refractivity contribution in [2.45, 2.75) is 31.5 Å². The summed E-state index contributed by atoms with van der Waals surface area (Å²) in [5.74, 6) is 0.0699. The van der Waals surface area contributed by atoms with E-state index in [-0.39, 0.29) is 11.2 Å². The van der Waals surface area contributed by atoms with Crippen molar-refractivity contribution in [1.29, 1.82) is 0 Å². The third-order valence-electron chi connectivity index (χ3n) is 5.93. The van der Waals surface area contributed by atoms with Gasteiger partial charge in [-0.05, 0) is 18.9 Å². The molecular formula is C18H21F4N5O3S. The van der Waals surface area contributed by atoms with Gasteiger partial charge in [-0.25, -0.2) is 19.5 Å². The van der Waals surface area contributed by atoms with Crippen molar-refractivity contribution in [3.8, 4) is 5.75 Å². The molecule has 4 rings (SSSR count). The Morgan fingerprint density at radius 2 is 1.97 bits per heavy atom. The second kappa shape index (κ2) is 7.41. The normalized spacial score (nSPS) is 19.0. The summed E-state index contributed by atoms with van der Waals surface area (Å²) in [5.41, 5.74) is 0.289. The molecule has 8 nitrogen and oxygen atoms in total. The van der Waals surface area contributed by atoms with Crippen LogP contribution < -0.4 is 14.8 Å². The van der Waals surface area contributed by atoms with Gasteiger partial charge in [0.1, 0.15) is 12.1 Å². The van der Waals surface area contributed by atoms with Gasteiger partial charge in [-0.2, -0.15) is 25.9 Å². The molecule has 13 heteroatoms. The topological polar surface area (TPSA) is 102 Å². The zero-order valence-corrected chi connectivity index (χ0v) is 17.4. The molecule has 0 unspecified atom stereocenters. The lowest BCUT2D eigenvalue weighted by Crippen LogP contribution is -2.67. The fourth-order valence-electron chi connectivity index (χ4n) is 4.52. The Hall–Kier alpha value is -2.25. The molecule has 1 saturated carbocycles. The third-order valence-corrected chi connectivity index (χ3v) is 7.06. The smallest absolute Gasteiger partial charge is 0.390 e. The van der Waals surface area contributed by atoms with Crippen molar-refractivity contribution in [3.63, 3.8) is 0 Å². The van der Waals surface area contributed by atoms with Gasteiger partial charge in [0.25, 0.3) is 10.2 Å². The Kier molecular flexibility index (Phi) is 5.25. The van der Waals surface area contributed by atoms with E-state index in [2.05, 4.69) is 9.97 Å². The average Bonchev–Trinajstić information content (AvgIpc) is 2.59. The van der Waals surface area contributed by atoms with Crippen LogP contribution in [0.3, 0.4) is 0 Å². The molecule has 1 aliphatic heterocycles. The van der Waals surface area contributed by atoms with E-state index in [9.17, 15) is 26.0 Å². The van der Waals surface area contributed by atoms with Crippen molar-refractivity contribution >= 4 is 26.9 Å². The van der Waals surface area contributed by atoms with E-state index in [1.165, 1.54) is 25.6 Å². The van der Waals surface area contributed by atoms with Crippen molar-refractivity contribution < 1.29 is 30.7 Å². The summed E-state index contributed by atoms with van der Waals surface area (Å²) < 4.78 is 81.1. The van der Waals surface area contributed by atoms with Crippen molar-refractivity contribution in [2.75, 3.05) is 31.6 Å². The van der Waals surface area contributed by atoms with Crippen LogP contribution in [0, 0.1) is 11.2 Å². The Labute approximate surface area is 176 Å². The van der Waals surface area contributed by atoms with Gasteiger partial charge in [0.05, 0.1) is 19.0 Å². The molecule has 2 aliphatic rings. The first-order valence-corrected chi connectivity index (χ1v) is 11.0. The summed E-state index contributed by atoms with van der Waals surface area (Å²) in [5, 5.41) is 5.66. The van der Waals surface area contributed by atoms with Gasteiger partial charge in [0.2, 0.25) is 0 Å². The molecule has 1 aliphatic carbocycles. The molecule has 2 N–H and O–H groups in total. The SMILES string of the molecule is COc1cc2ncnc(N3CC4(CC(N(CCC(F)(F)F)S(N)(=O)=O)C4)C3)c2cc1F. The fourth-order valence-corrected chi connectivity index (χ4v) is 5.43. The van der Waals surface area contributed by atoms with E-state index in [0.29, 0.717) is 42.7 Å². The highest BCUT2D eigenvalue weighted by Crippen LogP contribution is 2.52. The lowest BCUT2D eigenvalue weighted by Gasteiger charge is -2.60. The number of rotatable bonds is 6. The molecule has 2 aromatic rings. The zero-order chi connectivity index (χ0) is 22.6. The monoisotopic (exact) mass is 463 g/mol. The van der Waals surface area contributed by atoms with Gasteiger partial charge in [-0.3, -0.25) is 0 Å². The van der Waals surface area contributed by atoms with Crippen LogP contribution in [0.1, 0.15) is 19.3 Å². The summed E-state index contributed by atoms with van der Waals surface area (Å²) in [6.07, 6.45) is -3.54. The summed E-state index contributed by atoms with van der Waals surface area (Å²) in [7, 11) is -2.88. The molecule has 0 radical (unpaired) electrons. The maximum Gasteiger partial charge on any atom is 0.390 e. The molecule has 1 aromatic carbocycles. The molecule has 2 fully saturated rings. The number of halogens is 4. The van der Waals surface area contributed by atoms with E-state index in [0.717, 1.165) is 4.31 Å². The summed E-state index contributed by atoms with van der Waals surface area (Å²) >= 11 is 0. The van der Waals surface area contributed by atoms with Crippen LogP contribution in [0.25, 0.3) is 10.9 Å². The highest BCUT2D eigenvalue weighted by molar-refractivity contribution is 7.86. The Morgan fingerprint density at radius 3 is 2.55 bits per heavy atom. The molecular weight excluding hydrogens is 442 g/mol. The maximum absolute atomic E-state index is 14.2. The first-order chi connectivity index (χ1) is 14.4. The largest absolute Gasteiger partial charge is 0.494 e. The maximum atomic E-state index is 14.2. The van der Waals surface area contributed by atoms with Gasteiger partial charge in [-0.1, -0.05) is 0 Å². The molecule has 0 atom stereocenters. The minimum Gasteiger partial charge on any atom is -0.494 e. The van der Waals surface area contributed by atoms with Crippen LogP contribution >= 0.6 is 0 Å². The number of anilines is 1. The predicted octanol–water partition coefficient (Wildman–Crippen LogP) is 2.20. The second-order valence-corrected chi connectivity index (χ2v) is 9.64.